The van der Waals surface area contributed by atoms with E-state index < -0.39 is 12.3 Å². The van der Waals surface area contributed by atoms with Crippen LogP contribution in [0.4, 0.5) is 8.78 Å². The van der Waals surface area contributed by atoms with Crippen LogP contribution in [0.1, 0.15) is 26.2 Å². The zero-order valence-electron chi connectivity index (χ0n) is 9.92. The quantitative estimate of drug-likeness (QED) is 0.698. The second-order valence-corrected chi connectivity index (χ2v) is 5.26. The molecule has 4 heteroatoms. The minimum atomic E-state index is -2.15. The maximum atomic E-state index is 12.5. The van der Waals surface area contributed by atoms with E-state index in [1.807, 2.05) is 6.92 Å². The van der Waals surface area contributed by atoms with Gasteiger partial charge in [0.15, 0.2) is 0 Å². The summed E-state index contributed by atoms with van der Waals surface area (Å²) in [6, 6.07) is 0. The SMILES string of the molecule is CCOCC1(CN2CCC(C(F)F)C2)CC1. The van der Waals surface area contributed by atoms with Gasteiger partial charge >= 0.3 is 0 Å². The van der Waals surface area contributed by atoms with Gasteiger partial charge < -0.3 is 9.64 Å². The number of alkyl halides is 2. The molecule has 0 aromatic heterocycles. The molecule has 0 N–H and O–H groups in total. The molecular formula is C12H21F2NO. The second-order valence-electron chi connectivity index (χ2n) is 5.26. The summed E-state index contributed by atoms with van der Waals surface area (Å²) in [5.74, 6) is -0.400. The van der Waals surface area contributed by atoms with Crippen LogP contribution < -0.4 is 0 Å². The number of ether oxygens (including phenoxy) is 1. The van der Waals surface area contributed by atoms with Gasteiger partial charge in [-0.3, -0.25) is 0 Å². The third kappa shape index (κ3) is 2.92. The molecule has 94 valence electrons. The zero-order valence-corrected chi connectivity index (χ0v) is 9.92. The number of halogens is 2. The lowest BCUT2D eigenvalue weighted by molar-refractivity contribution is 0.0672. The Labute approximate surface area is 95.9 Å². The van der Waals surface area contributed by atoms with Gasteiger partial charge in [-0.1, -0.05) is 0 Å². The van der Waals surface area contributed by atoms with E-state index >= 15 is 0 Å². The van der Waals surface area contributed by atoms with Crippen LogP contribution in [-0.2, 0) is 4.74 Å². The third-order valence-corrected chi connectivity index (χ3v) is 3.79. The van der Waals surface area contributed by atoms with E-state index in [9.17, 15) is 8.78 Å². The summed E-state index contributed by atoms with van der Waals surface area (Å²) in [7, 11) is 0. The molecule has 1 saturated carbocycles. The molecule has 1 atom stereocenters. The average Bonchev–Trinajstić information content (AvgIpc) is 2.83. The highest BCUT2D eigenvalue weighted by molar-refractivity contribution is 4.96. The first-order valence-electron chi connectivity index (χ1n) is 6.23. The molecule has 16 heavy (non-hydrogen) atoms. The van der Waals surface area contributed by atoms with E-state index in [1.165, 1.54) is 12.8 Å². The molecule has 2 fully saturated rings. The topological polar surface area (TPSA) is 12.5 Å². The number of nitrogens with zero attached hydrogens (tertiary/aromatic N) is 1. The lowest BCUT2D eigenvalue weighted by Crippen LogP contribution is -2.31. The van der Waals surface area contributed by atoms with Crippen molar-refractivity contribution in [2.24, 2.45) is 11.3 Å². The van der Waals surface area contributed by atoms with Crippen LogP contribution in [0.3, 0.4) is 0 Å². The van der Waals surface area contributed by atoms with Gasteiger partial charge in [0.1, 0.15) is 0 Å². The van der Waals surface area contributed by atoms with Crippen LogP contribution in [0.25, 0.3) is 0 Å². The van der Waals surface area contributed by atoms with Gasteiger partial charge in [0, 0.05) is 31.0 Å². The average molecular weight is 233 g/mol. The summed E-state index contributed by atoms with van der Waals surface area (Å²) in [4.78, 5) is 2.20. The lowest BCUT2D eigenvalue weighted by Gasteiger charge is -2.23. The van der Waals surface area contributed by atoms with Crippen molar-refractivity contribution in [2.75, 3.05) is 32.8 Å². The molecule has 1 aliphatic carbocycles. The molecule has 0 radical (unpaired) electrons. The van der Waals surface area contributed by atoms with Crippen molar-refractivity contribution < 1.29 is 13.5 Å². The summed E-state index contributed by atoms with van der Waals surface area (Å²) in [6.07, 6.45) is 0.903. The van der Waals surface area contributed by atoms with Crippen LogP contribution in [0.2, 0.25) is 0 Å². The third-order valence-electron chi connectivity index (χ3n) is 3.79. The monoisotopic (exact) mass is 233 g/mol. The first kappa shape index (κ1) is 12.2. The Morgan fingerprint density at radius 3 is 2.69 bits per heavy atom. The molecule has 1 heterocycles. The fourth-order valence-corrected chi connectivity index (χ4v) is 2.53. The molecule has 1 aliphatic heterocycles. The van der Waals surface area contributed by atoms with Crippen molar-refractivity contribution in [3.8, 4) is 0 Å². The van der Waals surface area contributed by atoms with E-state index in [4.69, 9.17) is 4.74 Å². The molecule has 2 nitrogen and oxygen atoms in total. The molecule has 0 aromatic rings. The van der Waals surface area contributed by atoms with Crippen molar-refractivity contribution in [3.05, 3.63) is 0 Å². The largest absolute Gasteiger partial charge is 0.381 e. The van der Waals surface area contributed by atoms with E-state index in [2.05, 4.69) is 4.90 Å². The Kier molecular flexibility index (Phi) is 3.80. The highest BCUT2D eigenvalue weighted by Gasteiger charge is 2.45. The van der Waals surface area contributed by atoms with Gasteiger partial charge in [0.2, 0.25) is 6.43 Å². The smallest absolute Gasteiger partial charge is 0.242 e. The molecule has 2 aliphatic rings. The lowest BCUT2D eigenvalue weighted by atomic mass is 10.1. The Balaban J connectivity index is 1.74. The normalized spacial score (nSPS) is 28.9. The summed E-state index contributed by atoms with van der Waals surface area (Å²) in [5.41, 5.74) is 0.299. The Morgan fingerprint density at radius 2 is 2.19 bits per heavy atom. The fourth-order valence-electron chi connectivity index (χ4n) is 2.53. The standard InChI is InChI=1S/C12H21F2NO/c1-2-16-9-12(4-5-12)8-15-6-3-10(7-15)11(13)14/h10-11H,2-9H2,1H3. The molecule has 0 bridgehead atoms. The molecule has 2 rings (SSSR count). The first-order chi connectivity index (χ1) is 7.65. The molecule has 0 spiro atoms. The van der Waals surface area contributed by atoms with Crippen molar-refractivity contribution >= 4 is 0 Å². The predicted octanol–water partition coefficient (Wildman–Crippen LogP) is 2.39. The molecule has 0 amide bonds. The van der Waals surface area contributed by atoms with Crippen molar-refractivity contribution in [2.45, 2.75) is 32.6 Å². The van der Waals surface area contributed by atoms with E-state index in [-0.39, 0.29) is 0 Å². The van der Waals surface area contributed by atoms with Gasteiger partial charge in [0.25, 0.3) is 0 Å². The van der Waals surface area contributed by atoms with Gasteiger partial charge in [-0.05, 0) is 32.7 Å². The number of hydrogen-bond donors (Lipinski definition) is 0. The summed E-state index contributed by atoms with van der Waals surface area (Å²) in [6.45, 7) is 5.92. The van der Waals surface area contributed by atoms with Crippen LogP contribution in [-0.4, -0.2) is 44.2 Å². The van der Waals surface area contributed by atoms with Gasteiger partial charge in [0.05, 0.1) is 6.61 Å². The zero-order chi connectivity index (χ0) is 11.6. The maximum Gasteiger partial charge on any atom is 0.242 e. The van der Waals surface area contributed by atoms with Crippen LogP contribution in [0.15, 0.2) is 0 Å². The van der Waals surface area contributed by atoms with Gasteiger partial charge in [-0.2, -0.15) is 0 Å². The van der Waals surface area contributed by atoms with Crippen molar-refractivity contribution in [1.82, 2.24) is 4.90 Å². The van der Waals surface area contributed by atoms with Crippen molar-refractivity contribution in [1.29, 1.82) is 0 Å². The van der Waals surface area contributed by atoms with Gasteiger partial charge in [-0.25, -0.2) is 8.78 Å². The predicted molar refractivity (Wildman–Crippen MR) is 58.7 cm³/mol. The fraction of sp³-hybridized carbons (Fsp3) is 1.00. The molecular weight excluding hydrogens is 212 g/mol. The Morgan fingerprint density at radius 1 is 1.44 bits per heavy atom. The molecule has 0 aromatic carbocycles. The summed E-state index contributed by atoms with van der Waals surface area (Å²) >= 11 is 0. The van der Waals surface area contributed by atoms with E-state index in [0.29, 0.717) is 18.4 Å². The number of likely N-dealkylation sites (tertiary alicyclic amines) is 1. The molecule has 1 unspecified atom stereocenters. The highest BCUT2D eigenvalue weighted by atomic mass is 19.3. The maximum absolute atomic E-state index is 12.5. The first-order valence-corrected chi connectivity index (χ1v) is 6.23. The summed E-state index contributed by atoms with van der Waals surface area (Å²) < 4.78 is 30.5. The Bertz CT molecular complexity index is 231. The molecule has 1 saturated heterocycles. The Hall–Kier alpha value is -0.220. The van der Waals surface area contributed by atoms with E-state index in [0.717, 1.165) is 26.3 Å². The number of hydrogen-bond acceptors (Lipinski definition) is 2. The van der Waals surface area contributed by atoms with Crippen LogP contribution >= 0.6 is 0 Å². The van der Waals surface area contributed by atoms with Gasteiger partial charge in [-0.15, -0.1) is 0 Å². The van der Waals surface area contributed by atoms with Crippen molar-refractivity contribution in [3.63, 3.8) is 0 Å². The number of rotatable bonds is 6. The minimum absolute atomic E-state index is 0.299. The minimum Gasteiger partial charge on any atom is -0.381 e. The van der Waals surface area contributed by atoms with Crippen LogP contribution in [0, 0.1) is 11.3 Å². The second kappa shape index (κ2) is 4.96. The highest BCUT2D eigenvalue weighted by Crippen LogP contribution is 2.47. The summed E-state index contributed by atoms with van der Waals surface area (Å²) in [5, 5.41) is 0. The van der Waals surface area contributed by atoms with Crippen LogP contribution in [0.5, 0.6) is 0 Å². The van der Waals surface area contributed by atoms with E-state index in [1.54, 1.807) is 0 Å².